The van der Waals surface area contributed by atoms with Crippen molar-refractivity contribution in [1.29, 1.82) is 0 Å². The fourth-order valence-electron chi connectivity index (χ4n) is 4.17. The van der Waals surface area contributed by atoms with Crippen molar-refractivity contribution < 1.29 is 19.7 Å². The first-order valence-corrected chi connectivity index (χ1v) is 9.52. The molecule has 4 unspecified atom stereocenters. The van der Waals surface area contributed by atoms with E-state index in [1.165, 1.54) is 12.1 Å². The van der Waals surface area contributed by atoms with Gasteiger partial charge < -0.3 is 20.6 Å². The second-order valence-corrected chi connectivity index (χ2v) is 7.66. The molecule has 1 saturated heterocycles. The molecule has 0 spiro atoms. The fraction of sp³-hybridized carbons (Fsp3) is 0.455. The molecular formula is C22H28FNO3. The van der Waals surface area contributed by atoms with E-state index in [-0.39, 0.29) is 0 Å². The van der Waals surface area contributed by atoms with Gasteiger partial charge in [-0.05, 0) is 49.6 Å². The van der Waals surface area contributed by atoms with Crippen molar-refractivity contribution in [2.24, 2.45) is 0 Å². The first kappa shape index (κ1) is 19.8. The molecule has 2 aromatic rings. The van der Waals surface area contributed by atoms with Crippen LogP contribution in [0.1, 0.15) is 42.4 Å². The van der Waals surface area contributed by atoms with Crippen molar-refractivity contribution in [2.45, 2.75) is 56.8 Å². The molecule has 4 nitrogen and oxygen atoms in total. The van der Waals surface area contributed by atoms with Crippen molar-refractivity contribution in [1.82, 2.24) is 5.32 Å². The van der Waals surface area contributed by atoms with Crippen LogP contribution < -0.4 is 5.32 Å². The van der Waals surface area contributed by atoms with Gasteiger partial charge in [-0.1, -0.05) is 42.8 Å². The lowest BCUT2D eigenvalue weighted by Crippen LogP contribution is -2.59. The molecule has 0 saturated carbocycles. The van der Waals surface area contributed by atoms with Crippen LogP contribution in [-0.4, -0.2) is 39.6 Å². The van der Waals surface area contributed by atoms with Crippen molar-refractivity contribution in [3.05, 3.63) is 65.0 Å². The number of aliphatic hydroxyl groups excluding tert-OH is 1. The van der Waals surface area contributed by atoms with E-state index in [9.17, 15) is 19.7 Å². The lowest BCUT2D eigenvalue weighted by atomic mass is 9.68. The third-order valence-electron chi connectivity index (χ3n) is 5.67. The number of phenols is 1. The number of benzene rings is 2. The molecule has 1 fully saturated rings. The van der Waals surface area contributed by atoms with Crippen LogP contribution in [0.4, 0.5) is 4.39 Å². The normalized spacial score (nSPS) is 26.7. The lowest BCUT2D eigenvalue weighted by Gasteiger charge is -2.47. The van der Waals surface area contributed by atoms with Gasteiger partial charge in [0.25, 0.3) is 0 Å². The minimum absolute atomic E-state index is 0.400. The molecule has 5 heteroatoms. The van der Waals surface area contributed by atoms with Crippen molar-refractivity contribution in [3.63, 3.8) is 0 Å². The van der Waals surface area contributed by atoms with E-state index in [4.69, 9.17) is 0 Å². The third kappa shape index (κ3) is 4.15. The molecule has 1 aliphatic rings. The summed E-state index contributed by atoms with van der Waals surface area (Å²) in [5, 5.41) is 35.1. The Kier molecular flexibility index (Phi) is 5.84. The molecule has 0 aliphatic carbocycles. The molecule has 1 heterocycles. The highest BCUT2D eigenvalue weighted by Gasteiger charge is 2.47. The molecule has 0 radical (unpaired) electrons. The average molecular weight is 373 g/mol. The Balaban J connectivity index is 2.02. The highest BCUT2D eigenvalue weighted by Crippen LogP contribution is 2.41. The number of aliphatic hydroxyl groups is 2. The zero-order valence-electron chi connectivity index (χ0n) is 15.8. The number of nitrogens with one attached hydrogen (secondary N) is 1. The van der Waals surface area contributed by atoms with Gasteiger partial charge in [-0.3, -0.25) is 0 Å². The number of rotatable bonds is 5. The van der Waals surface area contributed by atoms with Crippen LogP contribution in [-0.2, 0) is 6.42 Å². The van der Waals surface area contributed by atoms with E-state index in [2.05, 4.69) is 5.32 Å². The molecule has 2 aromatic carbocycles. The minimum Gasteiger partial charge on any atom is -0.505 e. The zero-order valence-corrected chi connectivity index (χ0v) is 15.8. The summed E-state index contributed by atoms with van der Waals surface area (Å²) >= 11 is 0. The number of piperidine rings is 1. The first-order chi connectivity index (χ1) is 12.8. The summed E-state index contributed by atoms with van der Waals surface area (Å²) in [6, 6.07) is 11.8. The number of aromatic hydroxyl groups is 1. The second-order valence-electron chi connectivity index (χ2n) is 7.66. The Morgan fingerprint density at radius 2 is 1.93 bits per heavy atom. The van der Waals surface area contributed by atoms with Gasteiger partial charge >= 0.3 is 0 Å². The van der Waals surface area contributed by atoms with Crippen molar-refractivity contribution in [3.8, 4) is 5.75 Å². The van der Waals surface area contributed by atoms with E-state index in [1.807, 2.05) is 38.1 Å². The molecule has 146 valence electrons. The van der Waals surface area contributed by atoms with Crippen LogP contribution in [0.25, 0.3) is 0 Å². The Labute approximate surface area is 159 Å². The van der Waals surface area contributed by atoms with Gasteiger partial charge in [-0.15, -0.1) is 0 Å². The standard InChI is InChI=1S/C22H28FNO3/c1-3-18(25)21-20(16-8-9-19(26)17(23)12-16)22(27,10-11-24-21)13-15-6-4-14(2)5-7-15/h4-9,12,18,20-21,24-27H,3,10-11,13H2,1-2H3. The van der Waals surface area contributed by atoms with E-state index < -0.39 is 35.2 Å². The van der Waals surface area contributed by atoms with Crippen LogP contribution >= 0.6 is 0 Å². The summed E-state index contributed by atoms with van der Waals surface area (Å²) in [5.74, 6) is -1.64. The maximum Gasteiger partial charge on any atom is 0.165 e. The van der Waals surface area contributed by atoms with Crippen LogP contribution in [0.2, 0.25) is 0 Å². The van der Waals surface area contributed by atoms with Gasteiger partial charge in [0.2, 0.25) is 0 Å². The topological polar surface area (TPSA) is 72.7 Å². The summed E-state index contributed by atoms with van der Waals surface area (Å²) < 4.78 is 14.1. The summed E-state index contributed by atoms with van der Waals surface area (Å²) in [6.45, 7) is 4.47. The van der Waals surface area contributed by atoms with Crippen molar-refractivity contribution in [2.75, 3.05) is 6.54 Å². The molecule has 1 aliphatic heterocycles. The molecule has 3 rings (SSSR count). The van der Waals surface area contributed by atoms with E-state index in [1.54, 1.807) is 6.07 Å². The maximum absolute atomic E-state index is 14.1. The Hall–Kier alpha value is -1.95. The van der Waals surface area contributed by atoms with Crippen LogP contribution in [0, 0.1) is 12.7 Å². The lowest BCUT2D eigenvalue weighted by molar-refractivity contribution is -0.0500. The second kappa shape index (κ2) is 7.97. The summed E-state index contributed by atoms with van der Waals surface area (Å²) in [6.07, 6.45) is 0.752. The maximum atomic E-state index is 14.1. The van der Waals surface area contributed by atoms with Crippen molar-refractivity contribution >= 4 is 0 Å². The quantitative estimate of drug-likeness (QED) is 0.650. The van der Waals surface area contributed by atoms with E-state index >= 15 is 0 Å². The minimum atomic E-state index is -1.13. The summed E-state index contributed by atoms with van der Waals surface area (Å²) in [7, 11) is 0. The third-order valence-corrected chi connectivity index (χ3v) is 5.67. The molecular weight excluding hydrogens is 345 g/mol. The fourth-order valence-corrected chi connectivity index (χ4v) is 4.17. The molecule has 27 heavy (non-hydrogen) atoms. The zero-order chi connectivity index (χ0) is 19.6. The van der Waals surface area contributed by atoms with Gasteiger partial charge in [0, 0.05) is 18.4 Å². The van der Waals surface area contributed by atoms with Crippen LogP contribution in [0.5, 0.6) is 5.75 Å². The number of phenolic OH excluding ortho intramolecular Hbond substituents is 1. The Morgan fingerprint density at radius 1 is 1.22 bits per heavy atom. The summed E-state index contributed by atoms with van der Waals surface area (Å²) in [5.41, 5.74) is 1.58. The molecule has 0 bridgehead atoms. The average Bonchev–Trinajstić information content (AvgIpc) is 2.65. The molecule has 4 N–H and O–H groups in total. The van der Waals surface area contributed by atoms with Gasteiger partial charge in [0.05, 0.1) is 11.7 Å². The highest BCUT2D eigenvalue weighted by atomic mass is 19.1. The number of hydrogen-bond donors (Lipinski definition) is 4. The molecule has 0 amide bonds. The molecule has 4 atom stereocenters. The smallest absolute Gasteiger partial charge is 0.165 e. The number of halogens is 1. The van der Waals surface area contributed by atoms with Gasteiger partial charge in [0.1, 0.15) is 0 Å². The van der Waals surface area contributed by atoms with Gasteiger partial charge in [-0.2, -0.15) is 0 Å². The molecule has 0 aromatic heterocycles. The SMILES string of the molecule is CCC(O)C1NCCC(O)(Cc2ccc(C)cc2)C1c1ccc(O)c(F)c1. The summed E-state index contributed by atoms with van der Waals surface area (Å²) in [4.78, 5) is 0. The van der Waals surface area contributed by atoms with Gasteiger partial charge in [-0.25, -0.2) is 4.39 Å². The number of hydrogen-bond acceptors (Lipinski definition) is 4. The Bertz CT molecular complexity index is 780. The van der Waals surface area contributed by atoms with Gasteiger partial charge in [0.15, 0.2) is 11.6 Å². The largest absolute Gasteiger partial charge is 0.505 e. The number of aryl methyl sites for hydroxylation is 1. The van der Waals surface area contributed by atoms with E-state index in [0.29, 0.717) is 31.4 Å². The first-order valence-electron chi connectivity index (χ1n) is 9.52. The Morgan fingerprint density at radius 3 is 2.56 bits per heavy atom. The van der Waals surface area contributed by atoms with Crippen LogP contribution in [0.15, 0.2) is 42.5 Å². The monoisotopic (exact) mass is 373 g/mol. The van der Waals surface area contributed by atoms with E-state index in [0.717, 1.165) is 11.1 Å². The predicted octanol–water partition coefficient (Wildman–Crippen LogP) is 3.03. The predicted molar refractivity (Wildman–Crippen MR) is 103 cm³/mol. The highest BCUT2D eigenvalue weighted by molar-refractivity contribution is 5.35. The van der Waals surface area contributed by atoms with Crippen LogP contribution in [0.3, 0.4) is 0 Å².